The van der Waals surface area contributed by atoms with Gasteiger partial charge in [-0.1, -0.05) is 6.07 Å². The van der Waals surface area contributed by atoms with Crippen molar-refractivity contribution in [2.75, 3.05) is 0 Å². The van der Waals surface area contributed by atoms with Gasteiger partial charge in [0.15, 0.2) is 5.82 Å². The first-order valence-corrected chi connectivity index (χ1v) is 3.30. The van der Waals surface area contributed by atoms with Crippen molar-refractivity contribution in [2.24, 2.45) is 0 Å². The van der Waals surface area contributed by atoms with Crippen LogP contribution in [0.15, 0.2) is 12.1 Å². The summed E-state index contributed by atoms with van der Waals surface area (Å²) >= 11 is 0. The van der Waals surface area contributed by atoms with Crippen molar-refractivity contribution in [1.82, 2.24) is 0 Å². The molecule has 0 spiro atoms. The van der Waals surface area contributed by atoms with Crippen molar-refractivity contribution in [2.45, 2.75) is 6.92 Å². The van der Waals surface area contributed by atoms with Crippen LogP contribution in [-0.4, -0.2) is 0 Å². The molecule has 0 unspecified atom stereocenters. The molecule has 0 aliphatic carbocycles. The lowest BCUT2D eigenvalue weighted by atomic mass is 10.1. The number of nitriles is 2. The van der Waals surface area contributed by atoms with Crippen LogP contribution in [0.2, 0.25) is 0 Å². The molecule has 0 aliphatic heterocycles. The van der Waals surface area contributed by atoms with E-state index in [9.17, 15) is 4.39 Å². The van der Waals surface area contributed by atoms with E-state index in [1.807, 2.05) is 0 Å². The highest BCUT2D eigenvalue weighted by Gasteiger charge is 2.09. The summed E-state index contributed by atoms with van der Waals surface area (Å²) in [5.41, 5.74) is 0.417. The number of rotatable bonds is 0. The SMILES string of the molecule is Cc1ccc(C#N)c(F)c1C#N. The van der Waals surface area contributed by atoms with Crippen LogP contribution in [0.25, 0.3) is 0 Å². The Bertz CT molecular complexity index is 396. The molecule has 2 nitrogen and oxygen atoms in total. The first kappa shape index (κ1) is 8.23. The Morgan fingerprint density at radius 1 is 1.25 bits per heavy atom. The van der Waals surface area contributed by atoms with Crippen molar-refractivity contribution < 1.29 is 4.39 Å². The molecule has 0 N–H and O–H groups in total. The van der Waals surface area contributed by atoms with Gasteiger partial charge in [-0.05, 0) is 18.6 Å². The van der Waals surface area contributed by atoms with Crippen LogP contribution < -0.4 is 0 Å². The molecule has 0 amide bonds. The minimum atomic E-state index is -0.722. The molecule has 0 heterocycles. The molecule has 0 saturated heterocycles. The molecule has 58 valence electrons. The summed E-state index contributed by atoms with van der Waals surface area (Å²) in [6, 6.07) is 6.31. The average molecular weight is 160 g/mol. The van der Waals surface area contributed by atoms with Gasteiger partial charge in [0.05, 0.1) is 11.1 Å². The fourth-order valence-corrected chi connectivity index (χ4v) is 0.896. The molecule has 0 fully saturated rings. The highest BCUT2D eigenvalue weighted by molar-refractivity contribution is 5.45. The molecule has 0 radical (unpaired) electrons. The topological polar surface area (TPSA) is 47.6 Å². The van der Waals surface area contributed by atoms with Gasteiger partial charge in [0.1, 0.15) is 12.1 Å². The van der Waals surface area contributed by atoms with Gasteiger partial charge >= 0.3 is 0 Å². The summed E-state index contributed by atoms with van der Waals surface area (Å²) in [6.45, 7) is 1.63. The second-order valence-electron chi connectivity index (χ2n) is 2.34. The summed E-state index contributed by atoms with van der Waals surface area (Å²) in [6.07, 6.45) is 0. The zero-order chi connectivity index (χ0) is 9.14. The van der Waals surface area contributed by atoms with Gasteiger partial charge in [0, 0.05) is 0 Å². The zero-order valence-electron chi connectivity index (χ0n) is 6.43. The molecule has 0 aromatic heterocycles. The second-order valence-corrected chi connectivity index (χ2v) is 2.34. The maximum Gasteiger partial charge on any atom is 0.158 e. The Balaban J connectivity index is 3.50. The molecule has 1 rings (SSSR count). The van der Waals surface area contributed by atoms with E-state index in [4.69, 9.17) is 10.5 Å². The number of benzene rings is 1. The van der Waals surface area contributed by atoms with E-state index in [1.165, 1.54) is 6.07 Å². The van der Waals surface area contributed by atoms with Crippen molar-refractivity contribution in [1.29, 1.82) is 10.5 Å². The number of aryl methyl sites for hydroxylation is 1. The van der Waals surface area contributed by atoms with Gasteiger partial charge in [-0.3, -0.25) is 0 Å². The Hall–Kier alpha value is -1.87. The summed E-state index contributed by atoms with van der Waals surface area (Å²) in [5.74, 6) is -0.722. The van der Waals surface area contributed by atoms with E-state index in [-0.39, 0.29) is 11.1 Å². The summed E-state index contributed by atoms with van der Waals surface area (Å²) < 4.78 is 13.1. The summed E-state index contributed by atoms with van der Waals surface area (Å²) in [4.78, 5) is 0. The van der Waals surface area contributed by atoms with Gasteiger partial charge in [0.2, 0.25) is 0 Å². The highest BCUT2D eigenvalue weighted by atomic mass is 19.1. The number of nitrogens with zero attached hydrogens (tertiary/aromatic N) is 2. The number of hydrogen-bond acceptors (Lipinski definition) is 2. The molecule has 1 aromatic rings. The minimum Gasteiger partial charge on any atom is -0.204 e. The van der Waals surface area contributed by atoms with E-state index in [0.717, 1.165) is 0 Å². The van der Waals surface area contributed by atoms with Crippen LogP contribution >= 0.6 is 0 Å². The molecule has 0 atom stereocenters. The second kappa shape index (κ2) is 3.02. The predicted octanol–water partition coefficient (Wildman–Crippen LogP) is 1.88. The minimum absolute atomic E-state index is 0.0472. The molecule has 1 aromatic carbocycles. The molecule has 0 saturated carbocycles. The smallest absolute Gasteiger partial charge is 0.158 e. The maximum atomic E-state index is 13.1. The third kappa shape index (κ3) is 1.13. The van der Waals surface area contributed by atoms with Crippen LogP contribution in [0, 0.1) is 35.4 Å². The average Bonchev–Trinajstić information content (AvgIpc) is 2.06. The van der Waals surface area contributed by atoms with Crippen LogP contribution in [0.3, 0.4) is 0 Å². The Morgan fingerprint density at radius 2 is 1.92 bits per heavy atom. The third-order valence-electron chi connectivity index (χ3n) is 1.58. The van der Waals surface area contributed by atoms with E-state index >= 15 is 0 Å². The van der Waals surface area contributed by atoms with Gasteiger partial charge in [0.25, 0.3) is 0 Å². The molecule has 0 aliphatic rings. The van der Waals surface area contributed by atoms with E-state index in [1.54, 1.807) is 25.1 Å². The van der Waals surface area contributed by atoms with E-state index in [2.05, 4.69) is 0 Å². The summed E-state index contributed by atoms with van der Waals surface area (Å²) in [5, 5.41) is 16.9. The van der Waals surface area contributed by atoms with Crippen molar-refractivity contribution >= 4 is 0 Å². The third-order valence-corrected chi connectivity index (χ3v) is 1.58. The van der Waals surface area contributed by atoms with Crippen LogP contribution in [0.4, 0.5) is 4.39 Å². The zero-order valence-corrected chi connectivity index (χ0v) is 6.43. The van der Waals surface area contributed by atoms with Crippen LogP contribution in [0.5, 0.6) is 0 Å². The lowest BCUT2D eigenvalue weighted by molar-refractivity contribution is 0.618. The number of halogens is 1. The quantitative estimate of drug-likeness (QED) is 0.581. The van der Waals surface area contributed by atoms with Crippen molar-refractivity contribution in [3.8, 4) is 12.1 Å². The van der Waals surface area contributed by atoms with Gasteiger partial charge in [-0.2, -0.15) is 10.5 Å². The Labute approximate surface area is 69.5 Å². The molecular formula is C9H5FN2. The van der Waals surface area contributed by atoms with E-state index in [0.29, 0.717) is 5.56 Å². The van der Waals surface area contributed by atoms with Gasteiger partial charge in [-0.15, -0.1) is 0 Å². The molecular weight excluding hydrogens is 155 g/mol. The first-order chi connectivity index (χ1) is 5.70. The lowest BCUT2D eigenvalue weighted by Crippen LogP contribution is -1.92. The normalized spacial score (nSPS) is 8.67. The monoisotopic (exact) mass is 160 g/mol. The maximum absolute atomic E-state index is 13.1. The Morgan fingerprint density at radius 3 is 2.42 bits per heavy atom. The highest BCUT2D eigenvalue weighted by Crippen LogP contribution is 2.15. The van der Waals surface area contributed by atoms with Gasteiger partial charge < -0.3 is 0 Å². The predicted molar refractivity (Wildman–Crippen MR) is 40.6 cm³/mol. The lowest BCUT2D eigenvalue weighted by Gasteiger charge is -1.98. The molecule has 12 heavy (non-hydrogen) atoms. The van der Waals surface area contributed by atoms with Crippen molar-refractivity contribution in [3.63, 3.8) is 0 Å². The van der Waals surface area contributed by atoms with E-state index < -0.39 is 5.82 Å². The molecule has 3 heteroatoms. The fraction of sp³-hybridized carbons (Fsp3) is 0.111. The molecule has 0 bridgehead atoms. The fourth-order valence-electron chi connectivity index (χ4n) is 0.896. The standard InChI is InChI=1S/C9H5FN2/c1-6-2-3-7(4-11)9(10)8(6)5-12/h2-3H,1H3. The largest absolute Gasteiger partial charge is 0.204 e. The number of hydrogen-bond donors (Lipinski definition) is 0. The van der Waals surface area contributed by atoms with Crippen LogP contribution in [0.1, 0.15) is 16.7 Å². The van der Waals surface area contributed by atoms with Gasteiger partial charge in [-0.25, -0.2) is 4.39 Å². The summed E-state index contributed by atoms with van der Waals surface area (Å²) in [7, 11) is 0. The van der Waals surface area contributed by atoms with Crippen molar-refractivity contribution in [3.05, 3.63) is 34.6 Å². The first-order valence-electron chi connectivity index (χ1n) is 3.30. The Kier molecular flexibility index (Phi) is 2.07. The van der Waals surface area contributed by atoms with Crippen LogP contribution in [-0.2, 0) is 0 Å².